The first-order valence-corrected chi connectivity index (χ1v) is 5.96. The smallest absolute Gasteiger partial charge is 0.255 e. The van der Waals surface area contributed by atoms with E-state index < -0.39 is 0 Å². The van der Waals surface area contributed by atoms with Gasteiger partial charge in [0, 0.05) is 25.4 Å². The summed E-state index contributed by atoms with van der Waals surface area (Å²) in [6, 6.07) is 2.97. The molecule has 0 radical (unpaired) electrons. The van der Waals surface area contributed by atoms with E-state index in [4.69, 9.17) is 0 Å². The Bertz CT molecular complexity index is 446. The maximum Gasteiger partial charge on any atom is 0.255 e. The summed E-state index contributed by atoms with van der Waals surface area (Å²) in [7, 11) is 0. The monoisotopic (exact) mass is 234 g/mol. The zero-order valence-electron chi connectivity index (χ0n) is 10.3. The van der Waals surface area contributed by atoms with Crippen LogP contribution in [-0.2, 0) is 0 Å². The second kappa shape index (κ2) is 4.35. The van der Waals surface area contributed by atoms with Crippen molar-refractivity contribution < 1.29 is 4.79 Å². The van der Waals surface area contributed by atoms with Crippen molar-refractivity contribution in [2.24, 2.45) is 5.41 Å². The number of aromatic amines is 1. The standard InChI is InChI=1S/C13H18N2O2/c1-13(2)5-7-15(8-6-13)12(17)10-3-4-11(16)14-9-10/h3-4,9H,5-8H2,1-2H3,(H,14,16). The van der Waals surface area contributed by atoms with Crippen LogP contribution in [0.1, 0.15) is 37.0 Å². The molecule has 0 spiro atoms. The van der Waals surface area contributed by atoms with Crippen LogP contribution in [0.25, 0.3) is 0 Å². The lowest BCUT2D eigenvalue weighted by Crippen LogP contribution is -2.41. The first-order valence-electron chi connectivity index (χ1n) is 5.96. The van der Waals surface area contributed by atoms with Gasteiger partial charge in [-0.2, -0.15) is 0 Å². The topological polar surface area (TPSA) is 53.2 Å². The average Bonchev–Trinajstić information content (AvgIpc) is 2.29. The van der Waals surface area contributed by atoms with E-state index in [-0.39, 0.29) is 11.5 Å². The number of nitrogens with one attached hydrogen (secondary N) is 1. The van der Waals surface area contributed by atoms with E-state index >= 15 is 0 Å². The lowest BCUT2D eigenvalue weighted by Gasteiger charge is -2.36. The second-order valence-electron chi connectivity index (χ2n) is 5.40. The zero-order chi connectivity index (χ0) is 12.5. The third-order valence-corrected chi connectivity index (χ3v) is 3.44. The van der Waals surface area contributed by atoms with Crippen LogP contribution in [-0.4, -0.2) is 28.9 Å². The van der Waals surface area contributed by atoms with Crippen molar-refractivity contribution in [2.75, 3.05) is 13.1 Å². The normalized spacial score (nSPS) is 19.1. The second-order valence-corrected chi connectivity index (χ2v) is 5.40. The fraction of sp³-hybridized carbons (Fsp3) is 0.538. The number of H-pyrrole nitrogens is 1. The number of likely N-dealkylation sites (tertiary alicyclic amines) is 1. The molecule has 1 amide bonds. The lowest BCUT2D eigenvalue weighted by molar-refractivity contribution is 0.0630. The number of hydrogen-bond acceptors (Lipinski definition) is 2. The van der Waals surface area contributed by atoms with E-state index in [1.165, 1.54) is 12.3 Å². The summed E-state index contributed by atoms with van der Waals surface area (Å²) < 4.78 is 0. The van der Waals surface area contributed by atoms with Crippen molar-refractivity contribution >= 4 is 5.91 Å². The number of pyridine rings is 1. The summed E-state index contributed by atoms with van der Waals surface area (Å²) in [5.74, 6) is 0.0109. The molecule has 1 aromatic rings. The predicted octanol–water partition coefficient (Wildman–Crippen LogP) is 1.64. The molecule has 4 nitrogen and oxygen atoms in total. The Labute approximate surface area is 101 Å². The number of rotatable bonds is 1. The minimum atomic E-state index is -0.179. The van der Waals surface area contributed by atoms with Gasteiger partial charge < -0.3 is 9.88 Å². The van der Waals surface area contributed by atoms with Crippen molar-refractivity contribution in [3.8, 4) is 0 Å². The van der Waals surface area contributed by atoms with Crippen molar-refractivity contribution in [3.63, 3.8) is 0 Å². The minimum absolute atomic E-state index is 0.0109. The number of carbonyl (C=O) groups is 1. The van der Waals surface area contributed by atoms with Gasteiger partial charge in [0.05, 0.1) is 5.56 Å². The molecule has 1 aliphatic rings. The highest BCUT2D eigenvalue weighted by Gasteiger charge is 2.28. The molecule has 0 unspecified atom stereocenters. The molecule has 1 saturated heterocycles. The average molecular weight is 234 g/mol. The van der Waals surface area contributed by atoms with Gasteiger partial charge in [-0.15, -0.1) is 0 Å². The summed E-state index contributed by atoms with van der Waals surface area (Å²) in [6.45, 7) is 6.06. The van der Waals surface area contributed by atoms with E-state index in [1.54, 1.807) is 6.07 Å². The van der Waals surface area contributed by atoms with Gasteiger partial charge in [0.25, 0.3) is 5.91 Å². The molecule has 2 heterocycles. The van der Waals surface area contributed by atoms with Crippen molar-refractivity contribution in [3.05, 3.63) is 34.2 Å². The maximum absolute atomic E-state index is 12.1. The van der Waals surface area contributed by atoms with Gasteiger partial charge in [-0.25, -0.2) is 0 Å². The zero-order valence-corrected chi connectivity index (χ0v) is 10.3. The van der Waals surface area contributed by atoms with Crippen molar-refractivity contribution in [1.82, 2.24) is 9.88 Å². The fourth-order valence-corrected chi connectivity index (χ4v) is 2.04. The molecule has 0 aromatic carbocycles. The van der Waals surface area contributed by atoms with Gasteiger partial charge in [0.15, 0.2) is 0 Å². The van der Waals surface area contributed by atoms with Gasteiger partial charge in [-0.1, -0.05) is 13.8 Å². The Kier molecular flexibility index (Phi) is 3.05. The largest absolute Gasteiger partial charge is 0.339 e. The molecule has 17 heavy (non-hydrogen) atoms. The highest BCUT2D eigenvalue weighted by molar-refractivity contribution is 5.93. The maximum atomic E-state index is 12.1. The highest BCUT2D eigenvalue weighted by Crippen LogP contribution is 2.30. The number of nitrogens with zero attached hydrogens (tertiary/aromatic N) is 1. The van der Waals surface area contributed by atoms with Crippen molar-refractivity contribution in [2.45, 2.75) is 26.7 Å². The molecule has 0 atom stereocenters. The Morgan fingerprint density at radius 1 is 1.29 bits per heavy atom. The molecule has 1 aliphatic heterocycles. The Morgan fingerprint density at radius 3 is 2.47 bits per heavy atom. The minimum Gasteiger partial charge on any atom is -0.339 e. The highest BCUT2D eigenvalue weighted by atomic mass is 16.2. The Balaban J connectivity index is 2.06. The lowest BCUT2D eigenvalue weighted by atomic mass is 9.82. The summed E-state index contributed by atoms with van der Waals surface area (Å²) in [5.41, 5.74) is 0.715. The third kappa shape index (κ3) is 2.75. The van der Waals surface area contributed by atoms with Crippen LogP contribution in [0.3, 0.4) is 0 Å². The molecule has 92 valence electrons. The fourth-order valence-electron chi connectivity index (χ4n) is 2.04. The molecule has 1 N–H and O–H groups in total. The Morgan fingerprint density at radius 2 is 1.94 bits per heavy atom. The van der Waals surface area contributed by atoms with Crippen molar-refractivity contribution in [1.29, 1.82) is 0 Å². The van der Waals surface area contributed by atoms with Crippen LogP contribution in [0.4, 0.5) is 0 Å². The first-order chi connectivity index (χ1) is 7.98. The molecular formula is C13H18N2O2. The molecule has 1 aromatic heterocycles. The van der Waals surface area contributed by atoms with Crippen LogP contribution >= 0.6 is 0 Å². The number of aromatic nitrogens is 1. The quantitative estimate of drug-likeness (QED) is 0.803. The predicted molar refractivity (Wildman–Crippen MR) is 66.0 cm³/mol. The summed E-state index contributed by atoms with van der Waals surface area (Å²) >= 11 is 0. The van der Waals surface area contributed by atoms with E-state index in [0.717, 1.165) is 25.9 Å². The summed E-state index contributed by atoms with van der Waals surface area (Å²) in [4.78, 5) is 27.4. The van der Waals surface area contributed by atoms with Crippen LogP contribution in [0.2, 0.25) is 0 Å². The van der Waals surface area contributed by atoms with E-state index in [0.29, 0.717) is 11.0 Å². The molecular weight excluding hydrogens is 216 g/mol. The summed E-state index contributed by atoms with van der Waals surface area (Å²) in [5, 5.41) is 0. The number of carbonyl (C=O) groups excluding carboxylic acids is 1. The van der Waals surface area contributed by atoms with Crippen LogP contribution in [0.15, 0.2) is 23.1 Å². The number of hydrogen-bond donors (Lipinski definition) is 1. The Hall–Kier alpha value is -1.58. The molecule has 4 heteroatoms. The van der Waals surface area contributed by atoms with E-state index in [1.807, 2.05) is 4.90 Å². The van der Waals surface area contributed by atoms with Gasteiger partial charge >= 0.3 is 0 Å². The van der Waals surface area contributed by atoms with Crippen LogP contribution < -0.4 is 5.56 Å². The van der Waals surface area contributed by atoms with Crippen LogP contribution in [0.5, 0.6) is 0 Å². The molecule has 1 fully saturated rings. The van der Waals surface area contributed by atoms with Gasteiger partial charge in [-0.05, 0) is 24.3 Å². The van der Waals surface area contributed by atoms with Gasteiger partial charge in [0.2, 0.25) is 5.56 Å². The molecule has 0 saturated carbocycles. The van der Waals surface area contributed by atoms with Gasteiger partial charge in [0.1, 0.15) is 0 Å². The van der Waals surface area contributed by atoms with E-state index in [2.05, 4.69) is 18.8 Å². The van der Waals surface area contributed by atoms with E-state index in [9.17, 15) is 9.59 Å². The first kappa shape index (κ1) is 11.9. The summed E-state index contributed by atoms with van der Waals surface area (Å²) in [6.07, 6.45) is 3.55. The molecule has 0 aliphatic carbocycles. The van der Waals surface area contributed by atoms with Gasteiger partial charge in [-0.3, -0.25) is 9.59 Å². The SMILES string of the molecule is CC1(C)CCN(C(=O)c2ccc(=O)[nH]c2)CC1. The third-order valence-electron chi connectivity index (χ3n) is 3.44. The number of piperidine rings is 1. The molecule has 0 bridgehead atoms. The number of amides is 1. The van der Waals surface area contributed by atoms with Crippen LogP contribution in [0, 0.1) is 5.41 Å². The molecule has 2 rings (SSSR count).